The van der Waals surface area contributed by atoms with E-state index in [1.54, 1.807) is 42.5 Å². The molecular weight excluding hydrogens is 476 g/mol. The van der Waals surface area contributed by atoms with Gasteiger partial charge in [0.2, 0.25) is 0 Å². The van der Waals surface area contributed by atoms with E-state index in [1.165, 1.54) is 6.07 Å². The number of hydrogen-bond donors (Lipinski definition) is 0. The summed E-state index contributed by atoms with van der Waals surface area (Å²) >= 11 is 0. The quantitative estimate of drug-likeness (QED) is 0.303. The Morgan fingerprint density at radius 3 is 1.94 bits per heavy atom. The number of hydrogen-bond acceptors (Lipinski definition) is 3. The lowest BCUT2D eigenvalue weighted by Crippen LogP contribution is -2.40. The fourth-order valence-corrected chi connectivity index (χ4v) is 4.08. The van der Waals surface area contributed by atoms with E-state index in [9.17, 15) is 35.9 Å². The Kier molecular flexibility index (Phi) is 6.08. The second-order valence-corrected chi connectivity index (χ2v) is 7.89. The van der Waals surface area contributed by atoms with Gasteiger partial charge in [-0.3, -0.25) is 14.5 Å². The van der Waals surface area contributed by atoms with Gasteiger partial charge in [-0.2, -0.15) is 26.3 Å². The number of amides is 1. The molecule has 0 aromatic heterocycles. The highest BCUT2D eigenvalue weighted by atomic mass is 19.4. The Labute approximate surface area is 195 Å². The standard InChI is InChI=1S/C25H17F6NO3/c1-14(33)35-13-22-20-8-3-2-6-18(20)19-7-4-5-9-21(19)32(22)23(34)15-10-16(24(26,27)28)12-17(11-15)25(29,30)31/h2-12,22H,13H2,1H3. The molecule has 3 aromatic rings. The third-order valence-electron chi connectivity index (χ3n) is 5.58. The highest BCUT2D eigenvalue weighted by Crippen LogP contribution is 2.46. The molecule has 1 unspecified atom stereocenters. The molecule has 35 heavy (non-hydrogen) atoms. The van der Waals surface area contributed by atoms with Gasteiger partial charge < -0.3 is 4.74 Å². The molecule has 0 aliphatic carbocycles. The van der Waals surface area contributed by atoms with E-state index in [1.807, 2.05) is 0 Å². The molecule has 1 aliphatic rings. The number of rotatable bonds is 3. The Morgan fingerprint density at radius 1 is 0.829 bits per heavy atom. The Morgan fingerprint density at radius 2 is 1.37 bits per heavy atom. The summed E-state index contributed by atoms with van der Waals surface area (Å²) in [6.45, 7) is 0.800. The first-order chi connectivity index (χ1) is 16.4. The monoisotopic (exact) mass is 493 g/mol. The maximum Gasteiger partial charge on any atom is 0.416 e. The van der Waals surface area contributed by atoms with Crippen molar-refractivity contribution in [2.24, 2.45) is 0 Å². The van der Waals surface area contributed by atoms with Crippen LogP contribution in [0.3, 0.4) is 0 Å². The van der Waals surface area contributed by atoms with Gasteiger partial charge in [-0.1, -0.05) is 42.5 Å². The molecule has 4 rings (SSSR count). The van der Waals surface area contributed by atoms with E-state index < -0.39 is 47.0 Å². The van der Waals surface area contributed by atoms with Gasteiger partial charge in [0.05, 0.1) is 22.9 Å². The molecule has 4 nitrogen and oxygen atoms in total. The van der Waals surface area contributed by atoms with Crippen LogP contribution in [0.25, 0.3) is 11.1 Å². The molecular formula is C25H17F6NO3. The Bertz CT molecular complexity index is 1270. The van der Waals surface area contributed by atoms with Crippen LogP contribution in [0.2, 0.25) is 0 Å². The van der Waals surface area contributed by atoms with Crippen molar-refractivity contribution in [3.8, 4) is 11.1 Å². The van der Waals surface area contributed by atoms with Crippen molar-refractivity contribution in [3.63, 3.8) is 0 Å². The van der Waals surface area contributed by atoms with Crippen LogP contribution < -0.4 is 4.90 Å². The van der Waals surface area contributed by atoms with Gasteiger partial charge in [0.15, 0.2) is 0 Å². The third-order valence-corrected chi connectivity index (χ3v) is 5.58. The Balaban J connectivity index is 1.92. The summed E-state index contributed by atoms with van der Waals surface area (Å²) in [5.41, 5.74) is -1.95. The molecule has 0 spiro atoms. The predicted octanol–water partition coefficient (Wildman–Crippen LogP) is 6.66. The van der Waals surface area contributed by atoms with Crippen molar-refractivity contribution in [2.75, 3.05) is 11.5 Å². The van der Waals surface area contributed by atoms with Crippen LogP contribution in [-0.4, -0.2) is 18.5 Å². The number of ether oxygens (including phenoxy) is 1. The van der Waals surface area contributed by atoms with Crippen LogP contribution in [0.1, 0.15) is 40.0 Å². The first kappa shape index (κ1) is 24.3. The van der Waals surface area contributed by atoms with Crippen LogP contribution in [-0.2, 0) is 21.9 Å². The molecule has 1 atom stereocenters. The summed E-state index contributed by atoms with van der Waals surface area (Å²) in [4.78, 5) is 26.2. The van der Waals surface area contributed by atoms with Gasteiger partial charge in [-0.05, 0) is 35.4 Å². The minimum Gasteiger partial charge on any atom is -0.463 e. The first-order valence-electron chi connectivity index (χ1n) is 10.3. The van der Waals surface area contributed by atoms with Crippen molar-refractivity contribution in [1.82, 2.24) is 0 Å². The number of benzene rings is 3. The summed E-state index contributed by atoms with van der Waals surface area (Å²) < 4.78 is 85.6. The number of carbonyl (C=O) groups is 2. The van der Waals surface area contributed by atoms with Crippen LogP contribution in [0, 0.1) is 0 Å². The molecule has 1 aliphatic heterocycles. The summed E-state index contributed by atoms with van der Waals surface area (Å²) in [6, 6.07) is 13.1. The first-order valence-corrected chi connectivity index (χ1v) is 10.3. The summed E-state index contributed by atoms with van der Waals surface area (Å²) in [5, 5.41) is 0. The molecule has 0 bridgehead atoms. The number of carbonyl (C=O) groups excluding carboxylic acids is 2. The molecule has 182 valence electrons. The zero-order valence-electron chi connectivity index (χ0n) is 18.1. The number of nitrogens with zero attached hydrogens (tertiary/aromatic N) is 1. The normalized spacial score (nSPS) is 15.3. The van der Waals surface area contributed by atoms with Gasteiger partial charge in [0.1, 0.15) is 6.61 Å². The number of anilines is 1. The van der Waals surface area contributed by atoms with Crippen LogP contribution in [0.4, 0.5) is 32.0 Å². The molecule has 0 N–H and O–H groups in total. The van der Waals surface area contributed by atoms with E-state index in [0.717, 1.165) is 11.8 Å². The highest BCUT2D eigenvalue weighted by Gasteiger charge is 2.40. The lowest BCUT2D eigenvalue weighted by Gasteiger charge is -2.38. The molecule has 0 saturated carbocycles. The maximum atomic E-state index is 13.6. The van der Waals surface area contributed by atoms with Gasteiger partial charge in [0, 0.05) is 18.1 Å². The van der Waals surface area contributed by atoms with Crippen molar-refractivity contribution >= 4 is 17.6 Å². The minimum absolute atomic E-state index is 0.0351. The van der Waals surface area contributed by atoms with Gasteiger partial charge in [0.25, 0.3) is 5.91 Å². The van der Waals surface area contributed by atoms with E-state index in [0.29, 0.717) is 28.8 Å². The average Bonchev–Trinajstić information content (AvgIpc) is 2.80. The smallest absolute Gasteiger partial charge is 0.416 e. The van der Waals surface area contributed by atoms with E-state index in [2.05, 4.69) is 0 Å². The number of fused-ring (bicyclic) bond motifs is 3. The SMILES string of the molecule is CC(=O)OCC1c2ccccc2-c2ccccc2N1C(=O)c1cc(C(F)(F)F)cc(C(F)(F)F)c1. The number of para-hydroxylation sites is 1. The van der Waals surface area contributed by atoms with E-state index >= 15 is 0 Å². The molecule has 0 saturated heterocycles. The molecule has 3 aromatic carbocycles. The fourth-order valence-electron chi connectivity index (χ4n) is 4.08. The third kappa shape index (κ3) is 4.73. The average molecular weight is 493 g/mol. The topological polar surface area (TPSA) is 46.6 Å². The largest absolute Gasteiger partial charge is 0.463 e. The second kappa shape index (κ2) is 8.75. The maximum absolute atomic E-state index is 13.6. The zero-order valence-corrected chi connectivity index (χ0v) is 18.1. The molecule has 0 fully saturated rings. The molecule has 10 heteroatoms. The molecule has 1 heterocycles. The zero-order chi connectivity index (χ0) is 25.5. The van der Waals surface area contributed by atoms with Crippen LogP contribution in [0.5, 0.6) is 0 Å². The van der Waals surface area contributed by atoms with Crippen molar-refractivity contribution in [1.29, 1.82) is 0 Å². The van der Waals surface area contributed by atoms with Gasteiger partial charge in [-0.25, -0.2) is 0 Å². The second-order valence-electron chi connectivity index (χ2n) is 7.89. The predicted molar refractivity (Wildman–Crippen MR) is 115 cm³/mol. The van der Waals surface area contributed by atoms with Gasteiger partial charge in [-0.15, -0.1) is 0 Å². The molecule has 1 amide bonds. The minimum atomic E-state index is -5.11. The number of esters is 1. The van der Waals surface area contributed by atoms with E-state index in [4.69, 9.17) is 4.74 Å². The number of alkyl halides is 6. The van der Waals surface area contributed by atoms with Crippen molar-refractivity contribution < 1.29 is 40.7 Å². The lowest BCUT2D eigenvalue weighted by atomic mass is 9.87. The summed E-state index contributed by atoms with van der Waals surface area (Å²) in [5.74, 6) is -1.76. The van der Waals surface area contributed by atoms with Crippen LogP contribution in [0.15, 0.2) is 66.7 Å². The van der Waals surface area contributed by atoms with Crippen molar-refractivity contribution in [3.05, 3.63) is 89.0 Å². The molecule has 0 radical (unpaired) electrons. The summed E-state index contributed by atoms with van der Waals surface area (Å²) in [6.07, 6.45) is -10.2. The van der Waals surface area contributed by atoms with Crippen LogP contribution >= 0.6 is 0 Å². The summed E-state index contributed by atoms with van der Waals surface area (Å²) in [7, 11) is 0. The Hall–Kier alpha value is -3.82. The van der Waals surface area contributed by atoms with E-state index in [-0.39, 0.29) is 18.4 Å². The van der Waals surface area contributed by atoms with Gasteiger partial charge >= 0.3 is 18.3 Å². The van der Waals surface area contributed by atoms with Crippen molar-refractivity contribution in [2.45, 2.75) is 25.3 Å². The highest BCUT2D eigenvalue weighted by molar-refractivity contribution is 6.10. The fraction of sp³-hybridized carbons (Fsp3) is 0.200. The number of halogens is 6. The lowest BCUT2D eigenvalue weighted by molar-refractivity contribution is -0.143.